The Hall–Kier alpha value is -3.55. The number of nitrogens with zero attached hydrogens (tertiary/aromatic N) is 3. The summed E-state index contributed by atoms with van der Waals surface area (Å²) in [6.45, 7) is 1.20. The van der Waals surface area contributed by atoms with Crippen molar-refractivity contribution in [1.82, 2.24) is 19.9 Å². The fraction of sp³-hybridized carbons (Fsp3) is 0.261. The number of amides is 1. The zero-order valence-corrected chi connectivity index (χ0v) is 16.7. The average Bonchev–Trinajstić information content (AvgIpc) is 3.26. The maximum absolute atomic E-state index is 13.5. The van der Waals surface area contributed by atoms with E-state index in [9.17, 15) is 13.6 Å². The largest absolute Gasteiger partial charge is 0.367 e. The van der Waals surface area contributed by atoms with Crippen LogP contribution < -0.4 is 5.32 Å². The van der Waals surface area contributed by atoms with Crippen LogP contribution in [0.3, 0.4) is 0 Å². The number of aromatic amines is 1. The van der Waals surface area contributed by atoms with Gasteiger partial charge in [0.05, 0.1) is 17.2 Å². The van der Waals surface area contributed by atoms with Crippen molar-refractivity contribution in [3.8, 4) is 0 Å². The molecule has 0 bridgehead atoms. The van der Waals surface area contributed by atoms with Gasteiger partial charge in [-0.3, -0.25) is 9.78 Å². The first kappa shape index (κ1) is 19.4. The van der Waals surface area contributed by atoms with Crippen molar-refractivity contribution in [2.75, 3.05) is 18.4 Å². The van der Waals surface area contributed by atoms with Crippen molar-refractivity contribution in [3.05, 3.63) is 66.0 Å². The first-order valence-corrected chi connectivity index (χ1v) is 10.3. The SMILES string of the molecule is O=C(c1ccc2cc[nH]c2c1)N1CCCCC1CNc1cnc2cc(F)c(F)cc2n1. The van der Waals surface area contributed by atoms with Crippen molar-refractivity contribution in [3.63, 3.8) is 0 Å². The van der Waals surface area contributed by atoms with Gasteiger partial charge in [0.15, 0.2) is 11.6 Å². The molecule has 2 N–H and O–H groups in total. The molecule has 2 aromatic heterocycles. The van der Waals surface area contributed by atoms with Gasteiger partial charge >= 0.3 is 0 Å². The van der Waals surface area contributed by atoms with E-state index in [0.29, 0.717) is 30.0 Å². The summed E-state index contributed by atoms with van der Waals surface area (Å²) >= 11 is 0. The summed E-state index contributed by atoms with van der Waals surface area (Å²) in [6, 6.07) is 9.74. The van der Waals surface area contributed by atoms with E-state index >= 15 is 0 Å². The Balaban J connectivity index is 1.33. The van der Waals surface area contributed by atoms with Gasteiger partial charge in [-0.15, -0.1) is 0 Å². The third-order valence-electron chi connectivity index (χ3n) is 5.79. The minimum Gasteiger partial charge on any atom is -0.367 e. The van der Waals surface area contributed by atoms with E-state index in [4.69, 9.17) is 0 Å². The summed E-state index contributed by atoms with van der Waals surface area (Å²) in [5, 5.41) is 4.28. The van der Waals surface area contributed by atoms with Gasteiger partial charge in [0.2, 0.25) is 0 Å². The molecular weight excluding hydrogens is 400 g/mol. The third-order valence-corrected chi connectivity index (χ3v) is 5.79. The highest BCUT2D eigenvalue weighted by atomic mass is 19.2. The van der Waals surface area contributed by atoms with Gasteiger partial charge in [-0.2, -0.15) is 0 Å². The zero-order chi connectivity index (χ0) is 21.4. The second-order valence-corrected chi connectivity index (χ2v) is 7.82. The zero-order valence-electron chi connectivity index (χ0n) is 16.7. The molecule has 0 aliphatic carbocycles. The predicted molar refractivity (Wildman–Crippen MR) is 115 cm³/mol. The number of benzene rings is 2. The Morgan fingerprint density at radius 1 is 1.13 bits per heavy atom. The van der Waals surface area contributed by atoms with Crippen LogP contribution in [0.25, 0.3) is 21.9 Å². The fourth-order valence-corrected chi connectivity index (χ4v) is 4.14. The molecule has 5 rings (SSSR count). The van der Waals surface area contributed by atoms with Crippen LogP contribution in [0.1, 0.15) is 29.6 Å². The molecule has 1 atom stereocenters. The number of rotatable bonds is 4. The van der Waals surface area contributed by atoms with Crippen LogP contribution >= 0.6 is 0 Å². The highest BCUT2D eigenvalue weighted by molar-refractivity contribution is 5.98. The average molecular weight is 421 g/mol. The number of aromatic nitrogens is 3. The molecule has 1 aliphatic rings. The van der Waals surface area contributed by atoms with Crippen LogP contribution in [-0.2, 0) is 0 Å². The predicted octanol–water partition coefficient (Wildman–Crippen LogP) is 4.50. The molecular formula is C23H21F2N5O. The maximum Gasteiger partial charge on any atom is 0.254 e. The van der Waals surface area contributed by atoms with Crippen LogP contribution in [0.4, 0.5) is 14.6 Å². The molecule has 1 fully saturated rings. The lowest BCUT2D eigenvalue weighted by Crippen LogP contribution is -2.47. The van der Waals surface area contributed by atoms with Crippen LogP contribution in [0.2, 0.25) is 0 Å². The van der Waals surface area contributed by atoms with Crippen molar-refractivity contribution in [1.29, 1.82) is 0 Å². The second kappa shape index (κ2) is 7.94. The van der Waals surface area contributed by atoms with Gasteiger partial charge < -0.3 is 15.2 Å². The lowest BCUT2D eigenvalue weighted by molar-refractivity contribution is 0.0628. The standard InChI is InChI=1S/C23H21F2N5O/c24-17-10-20-21(11-18(17)25)29-22(13-27-20)28-12-16-3-1-2-8-30(16)23(31)15-5-4-14-6-7-26-19(14)9-15/h4-7,9-11,13,16,26H,1-3,8,12H2,(H,28,29). The summed E-state index contributed by atoms with van der Waals surface area (Å²) in [6.07, 6.45) is 6.24. The van der Waals surface area contributed by atoms with E-state index in [2.05, 4.69) is 20.3 Å². The smallest absolute Gasteiger partial charge is 0.254 e. The third kappa shape index (κ3) is 3.81. The summed E-state index contributed by atoms with van der Waals surface area (Å²) in [5.74, 6) is -1.44. The molecule has 3 heterocycles. The molecule has 1 saturated heterocycles. The number of nitrogens with one attached hydrogen (secondary N) is 2. The fourth-order valence-electron chi connectivity index (χ4n) is 4.14. The molecule has 1 aliphatic heterocycles. The molecule has 158 valence electrons. The summed E-state index contributed by atoms with van der Waals surface area (Å²) in [5.41, 5.74) is 2.16. The Labute approximate surface area is 177 Å². The van der Waals surface area contributed by atoms with Crippen LogP contribution in [0, 0.1) is 11.6 Å². The van der Waals surface area contributed by atoms with Gasteiger partial charge in [-0.25, -0.2) is 13.8 Å². The summed E-state index contributed by atoms with van der Waals surface area (Å²) in [7, 11) is 0. The second-order valence-electron chi connectivity index (χ2n) is 7.82. The molecule has 0 saturated carbocycles. The highest BCUT2D eigenvalue weighted by Gasteiger charge is 2.27. The van der Waals surface area contributed by atoms with Crippen LogP contribution in [-0.4, -0.2) is 44.9 Å². The topological polar surface area (TPSA) is 73.9 Å². The van der Waals surface area contributed by atoms with Crippen molar-refractivity contribution >= 4 is 33.7 Å². The Morgan fingerprint density at radius 3 is 2.84 bits per heavy atom. The quantitative estimate of drug-likeness (QED) is 0.509. The number of halogens is 2. The van der Waals surface area contributed by atoms with Gasteiger partial charge in [0, 0.05) is 48.5 Å². The van der Waals surface area contributed by atoms with E-state index in [1.54, 1.807) is 0 Å². The number of fused-ring (bicyclic) bond motifs is 2. The first-order valence-electron chi connectivity index (χ1n) is 10.3. The molecule has 31 heavy (non-hydrogen) atoms. The summed E-state index contributed by atoms with van der Waals surface area (Å²) < 4.78 is 26.9. The van der Waals surface area contributed by atoms with E-state index in [1.165, 1.54) is 6.20 Å². The van der Waals surface area contributed by atoms with E-state index in [-0.39, 0.29) is 17.5 Å². The maximum atomic E-state index is 13.5. The van der Waals surface area contributed by atoms with Gasteiger partial charge in [-0.05, 0) is 42.8 Å². The monoisotopic (exact) mass is 421 g/mol. The van der Waals surface area contributed by atoms with E-state index < -0.39 is 11.6 Å². The van der Waals surface area contributed by atoms with Gasteiger partial charge in [0.1, 0.15) is 5.82 Å². The Kier molecular flexibility index (Phi) is 4.97. The lowest BCUT2D eigenvalue weighted by Gasteiger charge is -2.36. The number of likely N-dealkylation sites (tertiary alicyclic amines) is 1. The number of anilines is 1. The Morgan fingerprint density at radius 2 is 1.97 bits per heavy atom. The number of carbonyl (C=O) groups excluding carboxylic acids is 1. The Bertz CT molecular complexity index is 1270. The van der Waals surface area contributed by atoms with Crippen molar-refractivity contribution in [2.45, 2.75) is 25.3 Å². The van der Waals surface area contributed by atoms with E-state index in [0.717, 1.165) is 42.3 Å². The number of hydrogen-bond acceptors (Lipinski definition) is 4. The normalized spacial score (nSPS) is 16.7. The minimum absolute atomic E-state index is 0.00281. The lowest BCUT2D eigenvalue weighted by atomic mass is 10.0. The molecule has 4 aromatic rings. The van der Waals surface area contributed by atoms with Crippen molar-refractivity contribution < 1.29 is 13.6 Å². The van der Waals surface area contributed by atoms with Gasteiger partial charge in [-0.1, -0.05) is 6.07 Å². The molecule has 1 unspecified atom stereocenters. The number of piperidine rings is 1. The number of H-pyrrole nitrogens is 1. The number of carbonyl (C=O) groups is 1. The van der Waals surface area contributed by atoms with Gasteiger partial charge in [0.25, 0.3) is 5.91 Å². The molecule has 8 heteroatoms. The van der Waals surface area contributed by atoms with Crippen LogP contribution in [0.5, 0.6) is 0 Å². The number of hydrogen-bond donors (Lipinski definition) is 2. The molecule has 1 amide bonds. The van der Waals surface area contributed by atoms with Crippen LogP contribution in [0.15, 0.2) is 48.8 Å². The molecule has 6 nitrogen and oxygen atoms in total. The minimum atomic E-state index is -0.956. The first-order chi connectivity index (χ1) is 15.1. The van der Waals surface area contributed by atoms with E-state index in [1.807, 2.05) is 35.4 Å². The van der Waals surface area contributed by atoms with Crippen molar-refractivity contribution in [2.24, 2.45) is 0 Å². The summed E-state index contributed by atoms with van der Waals surface area (Å²) in [4.78, 5) is 26.8. The highest BCUT2D eigenvalue weighted by Crippen LogP contribution is 2.23. The molecule has 0 radical (unpaired) electrons. The molecule has 2 aromatic carbocycles. The molecule has 0 spiro atoms.